The number of pyridine rings is 1. The molecule has 0 bridgehead atoms. The summed E-state index contributed by atoms with van der Waals surface area (Å²) >= 11 is 0. The highest BCUT2D eigenvalue weighted by Crippen LogP contribution is 2.35. The summed E-state index contributed by atoms with van der Waals surface area (Å²) in [5.41, 5.74) is 1.31. The summed E-state index contributed by atoms with van der Waals surface area (Å²) in [5.74, 6) is 3.55. The number of aromatic nitrogens is 1. The van der Waals surface area contributed by atoms with E-state index in [9.17, 15) is 4.79 Å². The molecule has 0 atom stereocenters. The van der Waals surface area contributed by atoms with Crippen LogP contribution in [0.4, 0.5) is 5.82 Å². The van der Waals surface area contributed by atoms with E-state index in [1.54, 1.807) is 0 Å². The van der Waals surface area contributed by atoms with Gasteiger partial charge in [0, 0.05) is 56.3 Å². The normalized spacial score (nSPS) is 27.4. The predicted octanol–water partition coefficient (Wildman–Crippen LogP) is 2.61. The van der Waals surface area contributed by atoms with E-state index in [1.807, 2.05) is 6.20 Å². The lowest BCUT2D eigenvalue weighted by Gasteiger charge is -2.37. The van der Waals surface area contributed by atoms with E-state index in [0.717, 1.165) is 69.5 Å². The number of carbonyl (C=O) groups is 1. The first-order valence-electron chi connectivity index (χ1n) is 11.6. The van der Waals surface area contributed by atoms with Crippen molar-refractivity contribution in [3.63, 3.8) is 0 Å². The molecule has 29 heavy (non-hydrogen) atoms. The summed E-state index contributed by atoms with van der Waals surface area (Å²) in [6, 6.07) is 2.53. The average Bonchev–Trinajstić information content (AvgIpc) is 3.50. The molecule has 4 aliphatic rings. The van der Waals surface area contributed by atoms with Gasteiger partial charge in [-0.25, -0.2) is 4.98 Å². The molecule has 158 valence electrons. The number of nitrogens with zero attached hydrogens (tertiary/aromatic N) is 3. The van der Waals surface area contributed by atoms with Gasteiger partial charge in [0.25, 0.3) is 0 Å². The Balaban J connectivity index is 1.03. The molecule has 2 aliphatic heterocycles. The number of piperazine rings is 1. The molecule has 1 amide bonds. The monoisotopic (exact) mass is 398 g/mol. The molecular formula is C23H34N4O2. The van der Waals surface area contributed by atoms with Crippen molar-refractivity contribution in [1.82, 2.24) is 15.2 Å². The van der Waals surface area contributed by atoms with Gasteiger partial charge in [0.15, 0.2) is 11.6 Å². The zero-order valence-corrected chi connectivity index (χ0v) is 17.4. The van der Waals surface area contributed by atoms with E-state index in [-0.39, 0.29) is 0 Å². The summed E-state index contributed by atoms with van der Waals surface area (Å²) in [5, 5.41) is 3.27. The van der Waals surface area contributed by atoms with Crippen LogP contribution < -0.4 is 15.0 Å². The average molecular weight is 399 g/mol. The predicted molar refractivity (Wildman–Crippen MR) is 113 cm³/mol. The van der Waals surface area contributed by atoms with E-state index >= 15 is 0 Å². The molecule has 0 unspecified atom stereocenters. The number of fused-ring (bicyclic) bond motifs is 1. The van der Waals surface area contributed by atoms with Crippen molar-refractivity contribution in [2.45, 2.75) is 57.4 Å². The number of hydrogen-bond acceptors (Lipinski definition) is 5. The molecule has 1 N–H and O–H groups in total. The molecule has 3 heterocycles. The fraction of sp³-hybridized carbons (Fsp3) is 0.739. The van der Waals surface area contributed by atoms with Gasteiger partial charge in [0.05, 0.1) is 6.61 Å². The van der Waals surface area contributed by atoms with Crippen LogP contribution in [0.1, 0.15) is 50.5 Å². The molecule has 1 aromatic heterocycles. The number of anilines is 1. The second-order valence-electron chi connectivity index (χ2n) is 9.34. The third-order valence-electron chi connectivity index (χ3n) is 7.25. The van der Waals surface area contributed by atoms with Gasteiger partial charge in [-0.15, -0.1) is 0 Å². The van der Waals surface area contributed by atoms with Crippen molar-refractivity contribution in [3.8, 4) is 5.75 Å². The smallest absolute Gasteiger partial charge is 0.223 e. The molecule has 5 rings (SSSR count). The number of amides is 1. The second kappa shape index (κ2) is 8.50. The van der Waals surface area contributed by atoms with E-state index in [2.05, 4.69) is 26.2 Å². The molecule has 0 spiro atoms. The number of nitrogens with one attached hydrogen (secondary N) is 1. The summed E-state index contributed by atoms with van der Waals surface area (Å²) in [6.07, 6.45) is 11.3. The van der Waals surface area contributed by atoms with Crippen LogP contribution in [0.15, 0.2) is 12.3 Å². The van der Waals surface area contributed by atoms with Crippen molar-refractivity contribution in [2.24, 2.45) is 11.8 Å². The molecule has 1 aromatic rings. The molecule has 2 aliphatic carbocycles. The molecule has 3 fully saturated rings. The maximum absolute atomic E-state index is 11.9. The molecule has 1 saturated heterocycles. The van der Waals surface area contributed by atoms with Gasteiger partial charge in [-0.2, -0.15) is 0 Å². The van der Waals surface area contributed by atoms with Crippen molar-refractivity contribution >= 4 is 11.7 Å². The summed E-state index contributed by atoms with van der Waals surface area (Å²) in [6.45, 7) is 6.28. The Morgan fingerprint density at radius 3 is 2.66 bits per heavy atom. The quantitative estimate of drug-likeness (QED) is 0.798. The highest BCUT2D eigenvalue weighted by molar-refractivity contribution is 5.81. The topological polar surface area (TPSA) is 57.7 Å². The van der Waals surface area contributed by atoms with E-state index in [1.165, 1.54) is 44.2 Å². The number of ether oxygens (including phenoxy) is 1. The lowest BCUT2D eigenvalue weighted by Crippen LogP contribution is -2.47. The lowest BCUT2D eigenvalue weighted by atomic mass is 9.84. The molecule has 6 nitrogen and oxygen atoms in total. The van der Waals surface area contributed by atoms with E-state index in [0.29, 0.717) is 17.9 Å². The van der Waals surface area contributed by atoms with Gasteiger partial charge < -0.3 is 15.0 Å². The van der Waals surface area contributed by atoms with Crippen molar-refractivity contribution in [1.29, 1.82) is 0 Å². The Bertz CT molecular complexity index is 720. The third-order valence-corrected chi connectivity index (χ3v) is 7.25. The molecular weight excluding hydrogens is 364 g/mol. The minimum Gasteiger partial charge on any atom is -0.489 e. The third kappa shape index (κ3) is 4.52. The molecule has 0 radical (unpaired) electrons. The van der Waals surface area contributed by atoms with Crippen LogP contribution in [0.5, 0.6) is 5.75 Å². The van der Waals surface area contributed by atoms with Gasteiger partial charge in [0.1, 0.15) is 0 Å². The summed E-state index contributed by atoms with van der Waals surface area (Å²) in [7, 11) is 0. The fourth-order valence-electron chi connectivity index (χ4n) is 5.13. The number of rotatable bonds is 6. The van der Waals surface area contributed by atoms with Gasteiger partial charge in [-0.05, 0) is 63.5 Å². The number of carbonyl (C=O) groups excluding carboxylic acids is 1. The van der Waals surface area contributed by atoms with Crippen LogP contribution >= 0.6 is 0 Å². The molecule has 0 aromatic carbocycles. The van der Waals surface area contributed by atoms with E-state index < -0.39 is 0 Å². The Kier molecular flexibility index (Phi) is 5.62. The first-order valence-corrected chi connectivity index (χ1v) is 11.6. The lowest BCUT2D eigenvalue weighted by molar-refractivity contribution is -0.123. The summed E-state index contributed by atoms with van der Waals surface area (Å²) < 4.78 is 5.84. The van der Waals surface area contributed by atoms with Crippen molar-refractivity contribution in [2.75, 3.05) is 44.2 Å². The second-order valence-corrected chi connectivity index (χ2v) is 9.34. The van der Waals surface area contributed by atoms with Gasteiger partial charge >= 0.3 is 0 Å². The fourth-order valence-corrected chi connectivity index (χ4v) is 5.13. The maximum atomic E-state index is 11.9. The van der Waals surface area contributed by atoms with Crippen LogP contribution in [0, 0.1) is 11.8 Å². The largest absolute Gasteiger partial charge is 0.489 e. The Morgan fingerprint density at radius 2 is 1.90 bits per heavy atom. The zero-order valence-electron chi connectivity index (χ0n) is 17.4. The number of hydrogen-bond donors (Lipinski definition) is 1. The van der Waals surface area contributed by atoms with Gasteiger partial charge in [-0.1, -0.05) is 0 Å². The first kappa shape index (κ1) is 19.2. The van der Waals surface area contributed by atoms with Crippen LogP contribution in [-0.2, 0) is 11.2 Å². The SMILES string of the molecule is O=C(N[C@H]1CC[C@H](CCN2CCN(c3nccc4c3OCC4)CC2)CC1)C1CC1. The summed E-state index contributed by atoms with van der Waals surface area (Å²) in [4.78, 5) is 21.6. The van der Waals surface area contributed by atoms with Crippen LogP contribution in [0.25, 0.3) is 0 Å². The van der Waals surface area contributed by atoms with Gasteiger partial charge in [-0.3, -0.25) is 9.69 Å². The van der Waals surface area contributed by atoms with Crippen LogP contribution in [0.3, 0.4) is 0 Å². The van der Waals surface area contributed by atoms with Crippen LogP contribution in [-0.4, -0.2) is 61.2 Å². The first-order chi connectivity index (χ1) is 14.3. The van der Waals surface area contributed by atoms with Crippen molar-refractivity contribution in [3.05, 3.63) is 17.8 Å². The minimum atomic E-state index is 0.315. The highest BCUT2D eigenvalue weighted by atomic mass is 16.5. The minimum absolute atomic E-state index is 0.315. The zero-order chi connectivity index (χ0) is 19.6. The highest BCUT2D eigenvalue weighted by Gasteiger charge is 2.32. The Hall–Kier alpha value is -1.82. The van der Waals surface area contributed by atoms with E-state index in [4.69, 9.17) is 4.74 Å². The Labute approximate surface area is 174 Å². The molecule has 6 heteroatoms. The Morgan fingerprint density at radius 1 is 1.10 bits per heavy atom. The standard InChI is InChI=1S/C23H34N4O2/c28-23(19-3-4-19)25-20-5-1-17(2-6-20)8-11-26-12-14-27(15-13-26)22-21-18(7-10-24-22)9-16-29-21/h7,10,17,19-20H,1-6,8-9,11-16H2,(H,25,28)/t17-,20-. The van der Waals surface area contributed by atoms with Crippen molar-refractivity contribution < 1.29 is 9.53 Å². The van der Waals surface area contributed by atoms with Gasteiger partial charge in [0.2, 0.25) is 5.91 Å². The van der Waals surface area contributed by atoms with Crippen LogP contribution in [0.2, 0.25) is 0 Å². The maximum Gasteiger partial charge on any atom is 0.223 e. The molecule has 2 saturated carbocycles.